The Morgan fingerprint density at radius 2 is 2.16 bits per heavy atom. The molecule has 0 spiro atoms. The fourth-order valence-corrected chi connectivity index (χ4v) is 2.61. The van der Waals surface area contributed by atoms with Crippen LogP contribution in [0, 0.1) is 12.7 Å². The van der Waals surface area contributed by atoms with Gasteiger partial charge < -0.3 is 10.4 Å². The molecule has 1 aromatic carbocycles. The first kappa shape index (κ1) is 15.5. The number of carboxylic acid groups (broad SMARTS) is 1. The average molecular weight is 285 g/mol. The topological polar surface area (TPSA) is 66.4 Å². The molecule has 104 valence electrons. The van der Waals surface area contributed by atoms with E-state index in [1.807, 2.05) is 6.92 Å². The van der Waals surface area contributed by atoms with Crippen molar-refractivity contribution in [3.8, 4) is 0 Å². The Morgan fingerprint density at radius 1 is 1.47 bits per heavy atom. The summed E-state index contributed by atoms with van der Waals surface area (Å²) < 4.78 is 13.1. The summed E-state index contributed by atoms with van der Waals surface area (Å²) in [7, 11) is 0. The average Bonchev–Trinajstić information content (AvgIpc) is 2.31. The molecule has 0 heterocycles. The van der Waals surface area contributed by atoms with E-state index in [4.69, 9.17) is 5.11 Å². The number of hydrogen-bond donors (Lipinski definition) is 2. The zero-order valence-electron chi connectivity index (χ0n) is 10.8. The fraction of sp³-hybridized carbons (Fsp3) is 0.385. The molecular weight excluding hydrogens is 269 g/mol. The minimum atomic E-state index is -1.07. The van der Waals surface area contributed by atoms with Gasteiger partial charge in [-0.1, -0.05) is 6.07 Å². The van der Waals surface area contributed by atoms with Gasteiger partial charge in [0.1, 0.15) is 11.9 Å². The minimum Gasteiger partial charge on any atom is -0.480 e. The van der Waals surface area contributed by atoms with Gasteiger partial charge in [0.25, 0.3) is 0 Å². The van der Waals surface area contributed by atoms with Gasteiger partial charge in [-0.25, -0.2) is 9.18 Å². The lowest BCUT2D eigenvalue weighted by Gasteiger charge is -2.13. The first-order chi connectivity index (χ1) is 8.90. The molecule has 2 N–H and O–H groups in total. The van der Waals surface area contributed by atoms with Gasteiger partial charge in [0, 0.05) is 18.4 Å². The maximum Gasteiger partial charge on any atom is 0.327 e. The molecule has 0 aromatic heterocycles. The molecule has 0 aliphatic heterocycles. The molecule has 0 radical (unpaired) electrons. The van der Waals surface area contributed by atoms with Gasteiger partial charge in [0.05, 0.1) is 0 Å². The largest absolute Gasteiger partial charge is 0.480 e. The minimum absolute atomic E-state index is 0.241. The number of carbonyl (C=O) groups is 2. The number of carboxylic acids is 1. The molecular formula is C13H16FNO3S. The highest BCUT2D eigenvalue weighted by atomic mass is 32.2. The van der Waals surface area contributed by atoms with Crippen LogP contribution < -0.4 is 5.32 Å². The summed E-state index contributed by atoms with van der Waals surface area (Å²) in [6.07, 6.45) is 0. The molecule has 1 atom stereocenters. The molecule has 1 aromatic rings. The highest BCUT2D eigenvalue weighted by molar-refractivity contribution is 7.98. The zero-order valence-corrected chi connectivity index (χ0v) is 11.6. The zero-order chi connectivity index (χ0) is 14.4. The lowest BCUT2D eigenvalue weighted by Crippen LogP contribution is -2.41. The molecule has 19 heavy (non-hydrogen) atoms. The second-order valence-electron chi connectivity index (χ2n) is 4.18. The van der Waals surface area contributed by atoms with Crippen LogP contribution in [-0.4, -0.2) is 28.8 Å². The normalized spacial score (nSPS) is 11.9. The standard InChI is InChI=1S/C13H16FNO3S/c1-8-3-4-11(14)5-10(8)6-19-7-12(13(17)18)15-9(2)16/h3-5,12H,6-7H2,1-2H3,(H,15,16)(H,17,18)/t12-/m0/s1. The number of aryl methyl sites for hydroxylation is 1. The lowest BCUT2D eigenvalue weighted by atomic mass is 10.1. The smallest absolute Gasteiger partial charge is 0.327 e. The van der Waals surface area contributed by atoms with E-state index in [0.717, 1.165) is 11.1 Å². The molecule has 6 heteroatoms. The molecule has 0 fully saturated rings. The van der Waals surface area contributed by atoms with Crippen molar-refractivity contribution in [2.45, 2.75) is 25.6 Å². The van der Waals surface area contributed by atoms with E-state index in [1.54, 1.807) is 6.07 Å². The molecule has 0 aliphatic carbocycles. The van der Waals surface area contributed by atoms with Crippen molar-refractivity contribution in [3.63, 3.8) is 0 Å². The fourth-order valence-electron chi connectivity index (χ4n) is 1.50. The number of halogens is 1. The number of benzene rings is 1. The third kappa shape index (κ3) is 5.30. The Morgan fingerprint density at radius 3 is 2.74 bits per heavy atom. The van der Waals surface area contributed by atoms with E-state index in [0.29, 0.717) is 5.75 Å². The Bertz CT molecular complexity index is 479. The third-order valence-corrected chi connectivity index (χ3v) is 3.61. The predicted octanol–water partition coefficient (Wildman–Crippen LogP) is 1.96. The third-order valence-electron chi connectivity index (χ3n) is 2.53. The summed E-state index contributed by atoms with van der Waals surface area (Å²) in [6.45, 7) is 3.15. The number of aliphatic carboxylic acids is 1. The van der Waals surface area contributed by atoms with Crippen molar-refractivity contribution in [1.82, 2.24) is 5.32 Å². The number of hydrogen-bond acceptors (Lipinski definition) is 3. The summed E-state index contributed by atoms with van der Waals surface area (Å²) >= 11 is 1.35. The summed E-state index contributed by atoms with van der Waals surface area (Å²) in [5.74, 6) is -1.01. The van der Waals surface area contributed by atoms with Crippen molar-refractivity contribution in [2.24, 2.45) is 0 Å². The first-order valence-corrected chi connectivity index (χ1v) is 6.88. The number of carbonyl (C=O) groups excluding carboxylic acids is 1. The maximum absolute atomic E-state index is 13.1. The second kappa shape index (κ2) is 7.13. The molecule has 0 bridgehead atoms. The van der Waals surface area contributed by atoms with Gasteiger partial charge in [0.15, 0.2) is 0 Å². The van der Waals surface area contributed by atoms with Crippen molar-refractivity contribution in [1.29, 1.82) is 0 Å². The summed E-state index contributed by atoms with van der Waals surface area (Å²) in [5.41, 5.74) is 1.79. The first-order valence-electron chi connectivity index (χ1n) is 5.73. The van der Waals surface area contributed by atoms with Crippen LogP contribution in [0.25, 0.3) is 0 Å². The Kier molecular flexibility index (Phi) is 5.82. The van der Waals surface area contributed by atoms with E-state index in [1.165, 1.54) is 30.8 Å². The van der Waals surface area contributed by atoms with Gasteiger partial charge in [-0.15, -0.1) is 0 Å². The van der Waals surface area contributed by atoms with Gasteiger partial charge in [-0.2, -0.15) is 11.8 Å². The molecule has 1 rings (SSSR count). The number of thioether (sulfide) groups is 1. The summed E-state index contributed by atoms with van der Waals surface area (Å²) in [5, 5.41) is 11.3. The van der Waals surface area contributed by atoms with Gasteiger partial charge in [-0.3, -0.25) is 4.79 Å². The maximum atomic E-state index is 13.1. The summed E-state index contributed by atoms with van der Waals surface area (Å²) in [4.78, 5) is 21.8. The molecule has 0 saturated heterocycles. The highest BCUT2D eigenvalue weighted by Gasteiger charge is 2.18. The van der Waals surface area contributed by atoms with Gasteiger partial charge in [-0.05, 0) is 30.2 Å². The quantitative estimate of drug-likeness (QED) is 0.838. The van der Waals surface area contributed by atoms with Crippen LogP contribution in [0.15, 0.2) is 18.2 Å². The van der Waals surface area contributed by atoms with Crippen LogP contribution in [0.5, 0.6) is 0 Å². The molecule has 0 unspecified atom stereocenters. The van der Waals surface area contributed by atoms with Crippen molar-refractivity contribution < 1.29 is 19.1 Å². The molecule has 1 amide bonds. The van der Waals surface area contributed by atoms with Crippen LogP contribution >= 0.6 is 11.8 Å². The molecule has 4 nitrogen and oxygen atoms in total. The van der Waals surface area contributed by atoms with Gasteiger partial charge in [0.2, 0.25) is 5.91 Å². The highest BCUT2D eigenvalue weighted by Crippen LogP contribution is 2.18. The molecule has 0 aliphatic rings. The van der Waals surface area contributed by atoms with Crippen molar-refractivity contribution in [3.05, 3.63) is 35.1 Å². The van der Waals surface area contributed by atoms with E-state index < -0.39 is 12.0 Å². The Hall–Kier alpha value is -1.56. The van der Waals surface area contributed by atoms with E-state index in [-0.39, 0.29) is 17.5 Å². The number of rotatable bonds is 6. The van der Waals surface area contributed by atoms with Crippen LogP contribution in [0.3, 0.4) is 0 Å². The van der Waals surface area contributed by atoms with E-state index in [9.17, 15) is 14.0 Å². The molecule has 0 saturated carbocycles. The summed E-state index contributed by atoms with van der Waals surface area (Å²) in [6, 6.07) is 3.60. The van der Waals surface area contributed by atoms with Crippen LogP contribution in [0.2, 0.25) is 0 Å². The Labute approximate surface area is 115 Å². The van der Waals surface area contributed by atoms with Crippen molar-refractivity contribution in [2.75, 3.05) is 5.75 Å². The van der Waals surface area contributed by atoms with E-state index >= 15 is 0 Å². The van der Waals surface area contributed by atoms with Crippen LogP contribution in [0.1, 0.15) is 18.1 Å². The Balaban J connectivity index is 2.54. The number of nitrogens with one attached hydrogen (secondary N) is 1. The second-order valence-corrected chi connectivity index (χ2v) is 5.21. The van der Waals surface area contributed by atoms with Crippen molar-refractivity contribution >= 4 is 23.6 Å². The lowest BCUT2D eigenvalue weighted by molar-refractivity contribution is -0.140. The monoisotopic (exact) mass is 285 g/mol. The van der Waals surface area contributed by atoms with Crippen LogP contribution in [-0.2, 0) is 15.3 Å². The number of amides is 1. The van der Waals surface area contributed by atoms with E-state index in [2.05, 4.69) is 5.32 Å². The van der Waals surface area contributed by atoms with Gasteiger partial charge >= 0.3 is 5.97 Å². The predicted molar refractivity (Wildman–Crippen MR) is 72.5 cm³/mol. The SMILES string of the molecule is CC(=O)N[C@@H](CSCc1cc(F)ccc1C)C(=O)O. The van der Waals surface area contributed by atoms with Crippen LogP contribution in [0.4, 0.5) is 4.39 Å².